The maximum absolute atomic E-state index is 5.95. The van der Waals surface area contributed by atoms with Gasteiger partial charge in [0.25, 0.3) is 0 Å². The summed E-state index contributed by atoms with van der Waals surface area (Å²) in [6.07, 6.45) is 11.9. The van der Waals surface area contributed by atoms with E-state index in [1.54, 1.807) is 0 Å². The van der Waals surface area contributed by atoms with Crippen LogP contribution < -0.4 is 0 Å². The van der Waals surface area contributed by atoms with Gasteiger partial charge in [0.1, 0.15) is 0 Å². The van der Waals surface area contributed by atoms with Crippen molar-refractivity contribution >= 4 is 7.12 Å². The Morgan fingerprint density at radius 3 is 2.44 bits per heavy atom. The first-order valence-electron chi connectivity index (χ1n) is 7.11. The lowest BCUT2D eigenvalue weighted by Crippen LogP contribution is -2.41. The molecule has 100 valence electrons. The summed E-state index contributed by atoms with van der Waals surface area (Å²) in [5.41, 5.74) is -0.470. The minimum Gasteiger partial charge on any atom is -0.400 e. The Kier molecular flexibility index (Phi) is 4.03. The highest BCUT2D eigenvalue weighted by Crippen LogP contribution is 2.37. The van der Waals surface area contributed by atoms with Crippen molar-refractivity contribution < 1.29 is 9.31 Å². The van der Waals surface area contributed by atoms with Gasteiger partial charge in [-0.05, 0) is 52.9 Å². The van der Waals surface area contributed by atoms with Crippen molar-refractivity contribution in [1.82, 2.24) is 0 Å². The molecule has 0 aromatic carbocycles. The van der Waals surface area contributed by atoms with Crippen LogP contribution in [0.3, 0.4) is 0 Å². The van der Waals surface area contributed by atoms with Crippen LogP contribution in [0.2, 0.25) is 0 Å². The normalized spacial score (nSPS) is 30.9. The molecular weight excluding hydrogens is 223 g/mol. The van der Waals surface area contributed by atoms with E-state index in [9.17, 15) is 0 Å². The van der Waals surface area contributed by atoms with Gasteiger partial charge in [-0.2, -0.15) is 0 Å². The van der Waals surface area contributed by atoms with Crippen LogP contribution in [0.1, 0.15) is 53.4 Å². The molecule has 0 N–H and O–H groups in total. The predicted octanol–water partition coefficient (Wildman–Crippen LogP) is 3.92. The van der Waals surface area contributed by atoms with E-state index in [-0.39, 0.29) is 18.3 Å². The molecule has 2 aliphatic rings. The Morgan fingerprint density at radius 1 is 1.11 bits per heavy atom. The largest absolute Gasteiger partial charge is 0.486 e. The van der Waals surface area contributed by atoms with Crippen molar-refractivity contribution in [1.29, 1.82) is 0 Å². The summed E-state index contributed by atoms with van der Waals surface area (Å²) in [5.74, 6) is 2.63. The molecule has 0 amide bonds. The maximum Gasteiger partial charge on any atom is 0.486 e. The van der Waals surface area contributed by atoms with Crippen LogP contribution in [-0.2, 0) is 9.31 Å². The van der Waals surface area contributed by atoms with Gasteiger partial charge < -0.3 is 9.31 Å². The highest BCUT2D eigenvalue weighted by atomic mass is 16.7. The van der Waals surface area contributed by atoms with Crippen LogP contribution in [-0.4, -0.2) is 18.3 Å². The molecule has 0 radical (unpaired) electrons. The molecule has 1 unspecified atom stereocenters. The molecule has 18 heavy (non-hydrogen) atoms. The fourth-order valence-electron chi connectivity index (χ4n) is 2.37. The molecule has 2 rings (SSSR count). The second-order valence-electron chi connectivity index (χ2n) is 6.39. The van der Waals surface area contributed by atoms with Crippen molar-refractivity contribution in [3.63, 3.8) is 0 Å². The van der Waals surface area contributed by atoms with Gasteiger partial charge in [0, 0.05) is 0 Å². The molecule has 1 atom stereocenters. The average Bonchev–Trinajstić information content (AvgIpc) is 2.49. The van der Waals surface area contributed by atoms with E-state index in [0.29, 0.717) is 5.92 Å². The summed E-state index contributed by atoms with van der Waals surface area (Å²) in [6, 6.07) is 0. The third-order valence-electron chi connectivity index (χ3n) is 4.33. The Labute approximate surface area is 112 Å². The molecule has 1 saturated heterocycles. The van der Waals surface area contributed by atoms with E-state index in [0.717, 1.165) is 0 Å². The van der Waals surface area contributed by atoms with Gasteiger partial charge in [-0.1, -0.05) is 30.6 Å². The van der Waals surface area contributed by atoms with Gasteiger partial charge in [-0.15, -0.1) is 0 Å². The highest BCUT2D eigenvalue weighted by molar-refractivity contribution is 6.51. The molecule has 1 heterocycles. The number of hydrogen-bond acceptors (Lipinski definition) is 2. The molecule has 0 bridgehead atoms. The average molecular weight is 248 g/mol. The van der Waals surface area contributed by atoms with Crippen LogP contribution in [0.25, 0.3) is 0 Å². The molecule has 1 aliphatic heterocycles. The summed E-state index contributed by atoms with van der Waals surface area (Å²) in [5, 5.41) is 0. The first-order chi connectivity index (χ1) is 8.41. The lowest BCUT2D eigenvalue weighted by Gasteiger charge is -2.32. The van der Waals surface area contributed by atoms with E-state index < -0.39 is 0 Å². The topological polar surface area (TPSA) is 18.5 Å². The van der Waals surface area contributed by atoms with E-state index in [2.05, 4.69) is 51.9 Å². The van der Waals surface area contributed by atoms with Crippen molar-refractivity contribution in [3.05, 3.63) is 24.2 Å². The summed E-state index contributed by atoms with van der Waals surface area (Å²) < 4.78 is 11.9. The second-order valence-corrected chi connectivity index (χ2v) is 6.39. The molecule has 0 spiro atoms. The van der Waals surface area contributed by atoms with Gasteiger partial charge in [0.05, 0.1) is 11.2 Å². The lowest BCUT2D eigenvalue weighted by molar-refractivity contribution is 0.00578. The molecule has 1 aliphatic carbocycles. The van der Waals surface area contributed by atoms with Crippen LogP contribution in [0.5, 0.6) is 0 Å². The summed E-state index contributed by atoms with van der Waals surface area (Å²) >= 11 is 0. The number of rotatable bonds is 2. The molecule has 1 fully saturated rings. The first-order valence-corrected chi connectivity index (χ1v) is 7.11. The Morgan fingerprint density at radius 2 is 1.78 bits per heavy atom. The van der Waals surface area contributed by atoms with Gasteiger partial charge >= 0.3 is 7.12 Å². The van der Waals surface area contributed by atoms with Crippen LogP contribution in [0.15, 0.2) is 24.2 Å². The standard InChI is InChI=1S/C15H25BO2/c1-14(2)15(3,4)18-16(17-14)12-11-13-9-7-5-6-8-10-13/h7,9,11-13H,5-6,8,10H2,1-4H3/b12-11+. The van der Waals surface area contributed by atoms with E-state index >= 15 is 0 Å². The minimum absolute atomic E-state index is 0.202. The molecule has 0 aromatic rings. The zero-order chi connectivity index (χ0) is 13.2. The second kappa shape index (κ2) is 5.22. The fraction of sp³-hybridized carbons (Fsp3) is 0.733. The van der Waals surface area contributed by atoms with E-state index in [4.69, 9.17) is 9.31 Å². The molecule has 0 aromatic heterocycles. The van der Waals surface area contributed by atoms with Crippen LogP contribution in [0, 0.1) is 5.92 Å². The molecular formula is C15H25BO2. The van der Waals surface area contributed by atoms with Gasteiger partial charge in [-0.25, -0.2) is 0 Å². The van der Waals surface area contributed by atoms with Crippen molar-refractivity contribution in [2.24, 2.45) is 5.92 Å². The smallest absolute Gasteiger partial charge is 0.400 e. The minimum atomic E-state index is -0.235. The first kappa shape index (κ1) is 13.9. The van der Waals surface area contributed by atoms with Crippen molar-refractivity contribution in [3.8, 4) is 0 Å². The lowest BCUT2D eigenvalue weighted by atomic mass is 9.87. The van der Waals surface area contributed by atoms with Crippen LogP contribution in [0.4, 0.5) is 0 Å². The predicted molar refractivity (Wildman–Crippen MR) is 76.3 cm³/mol. The van der Waals surface area contributed by atoms with Crippen molar-refractivity contribution in [2.45, 2.75) is 64.6 Å². The fourth-order valence-corrected chi connectivity index (χ4v) is 2.37. The SMILES string of the molecule is CC1(C)OB(/C=C/C2C=CCCCC2)OC1(C)C. The van der Waals surface area contributed by atoms with E-state index in [1.807, 2.05) is 0 Å². The van der Waals surface area contributed by atoms with Crippen molar-refractivity contribution in [2.75, 3.05) is 0 Å². The summed E-state index contributed by atoms with van der Waals surface area (Å²) in [4.78, 5) is 0. The summed E-state index contributed by atoms with van der Waals surface area (Å²) in [6.45, 7) is 8.36. The van der Waals surface area contributed by atoms with Gasteiger partial charge in [0.2, 0.25) is 0 Å². The molecule has 3 heteroatoms. The molecule has 0 saturated carbocycles. The van der Waals surface area contributed by atoms with E-state index in [1.165, 1.54) is 25.7 Å². The van der Waals surface area contributed by atoms with Gasteiger partial charge in [-0.3, -0.25) is 0 Å². The quantitative estimate of drug-likeness (QED) is 0.544. The third kappa shape index (κ3) is 3.07. The number of hydrogen-bond donors (Lipinski definition) is 0. The molecule has 2 nitrogen and oxygen atoms in total. The zero-order valence-electron chi connectivity index (χ0n) is 12.1. The highest BCUT2D eigenvalue weighted by Gasteiger charge is 2.49. The third-order valence-corrected chi connectivity index (χ3v) is 4.33. The number of allylic oxidation sites excluding steroid dienone is 3. The zero-order valence-corrected chi connectivity index (χ0v) is 12.1. The van der Waals surface area contributed by atoms with Gasteiger partial charge in [0.15, 0.2) is 0 Å². The van der Waals surface area contributed by atoms with Crippen LogP contribution >= 0.6 is 0 Å². The Bertz CT molecular complexity index is 328. The summed E-state index contributed by atoms with van der Waals surface area (Å²) in [7, 11) is -0.202. The maximum atomic E-state index is 5.95. The Balaban J connectivity index is 1.94. The Hall–Kier alpha value is -0.535. The monoisotopic (exact) mass is 248 g/mol.